The molecule has 6 heteroatoms. The van der Waals surface area contributed by atoms with Gasteiger partial charge in [-0.15, -0.1) is 0 Å². The van der Waals surface area contributed by atoms with Crippen molar-refractivity contribution < 1.29 is 9.84 Å². The minimum absolute atomic E-state index is 0.205. The molecule has 2 aromatic rings. The third kappa shape index (κ3) is 3.54. The zero-order chi connectivity index (χ0) is 17.1. The van der Waals surface area contributed by atoms with E-state index in [1.165, 1.54) is 18.0 Å². The number of aromatic nitrogens is 1. The van der Waals surface area contributed by atoms with E-state index in [0.29, 0.717) is 6.54 Å². The van der Waals surface area contributed by atoms with Crippen molar-refractivity contribution in [1.82, 2.24) is 9.47 Å². The lowest BCUT2D eigenvalue weighted by Crippen LogP contribution is -2.46. The van der Waals surface area contributed by atoms with Crippen molar-refractivity contribution in [2.24, 2.45) is 7.05 Å². The number of nitrogens with zero attached hydrogens (tertiary/aromatic N) is 3. The third-order valence-electron chi connectivity index (χ3n) is 4.50. The number of ether oxygens (including phenoxy) is 1. The van der Waals surface area contributed by atoms with Gasteiger partial charge in [0.2, 0.25) is 5.43 Å². The van der Waals surface area contributed by atoms with E-state index in [4.69, 9.17) is 4.74 Å². The number of rotatable bonds is 4. The minimum Gasteiger partial charge on any atom is -0.503 e. The molecule has 1 aromatic carbocycles. The van der Waals surface area contributed by atoms with Gasteiger partial charge in [-0.25, -0.2) is 0 Å². The van der Waals surface area contributed by atoms with E-state index >= 15 is 0 Å². The average molecular weight is 329 g/mol. The van der Waals surface area contributed by atoms with Crippen molar-refractivity contribution in [2.75, 3.05) is 38.2 Å². The summed E-state index contributed by atoms with van der Waals surface area (Å²) in [5.74, 6) is 0.665. The Bertz CT molecular complexity index is 764. The van der Waals surface area contributed by atoms with Crippen LogP contribution in [0.1, 0.15) is 5.69 Å². The first-order valence-corrected chi connectivity index (χ1v) is 8.06. The van der Waals surface area contributed by atoms with Crippen LogP contribution < -0.4 is 15.1 Å². The van der Waals surface area contributed by atoms with Crippen LogP contribution in [0.3, 0.4) is 0 Å². The Hall–Kier alpha value is -2.47. The Labute approximate surface area is 141 Å². The Morgan fingerprint density at radius 2 is 1.92 bits per heavy atom. The van der Waals surface area contributed by atoms with E-state index in [1.54, 1.807) is 7.11 Å². The van der Waals surface area contributed by atoms with Gasteiger partial charge in [0, 0.05) is 69.5 Å². The summed E-state index contributed by atoms with van der Waals surface area (Å²) in [6, 6.07) is 9.63. The summed E-state index contributed by atoms with van der Waals surface area (Å²) in [6.07, 6.45) is 1.48. The molecular weight excluding hydrogens is 306 g/mol. The molecule has 128 valence electrons. The van der Waals surface area contributed by atoms with Crippen molar-refractivity contribution in [1.29, 1.82) is 0 Å². The van der Waals surface area contributed by atoms with E-state index in [2.05, 4.69) is 21.9 Å². The van der Waals surface area contributed by atoms with Gasteiger partial charge in [0.15, 0.2) is 5.75 Å². The second-order valence-corrected chi connectivity index (χ2v) is 6.09. The second kappa shape index (κ2) is 6.97. The Morgan fingerprint density at radius 3 is 2.62 bits per heavy atom. The van der Waals surface area contributed by atoms with Crippen LogP contribution in [0, 0.1) is 0 Å². The fraction of sp³-hybridized carbons (Fsp3) is 0.389. The fourth-order valence-corrected chi connectivity index (χ4v) is 3.01. The summed E-state index contributed by atoms with van der Waals surface area (Å²) in [4.78, 5) is 16.3. The largest absolute Gasteiger partial charge is 0.503 e. The Kier molecular flexibility index (Phi) is 4.76. The van der Waals surface area contributed by atoms with Crippen molar-refractivity contribution in [3.63, 3.8) is 0 Å². The van der Waals surface area contributed by atoms with Crippen LogP contribution in [0.2, 0.25) is 0 Å². The first-order valence-electron chi connectivity index (χ1n) is 8.06. The number of methoxy groups -OCH3 is 1. The number of hydrogen-bond donors (Lipinski definition) is 1. The molecule has 3 rings (SSSR count). The quantitative estimate of drug-likeness (QED) is 0.919. The van der Waals surface area contributed by atoms with E-state index in [-0.39, 0.29) is 11.2 Å². The Morgan fingerprint density at radius 1 is 1.17 bits per heavy atom. The lowest BCUT2D eigenvalue weighted by Gasteiger charge is -2.36. The molecule has 6 nitrogen and oxygen atoms in total. The van der Waals surface area contributed by atoms with E-state index in [0.717, 1.165) is 37.6 Å². The minimum atomic E-state index is -0.321. The summed E-state index contributed by atoms with van der Waals surface area (Å²) in [5, 5.41) is 9.47. The van der Waals surface area contributed by atoms with Gasteiger partial charge >= 0.3 is 0 Å². The van der Waals surface area contributed by atoms with Crippen LogP contribution in [0.15, 0.2) is 41.3 Å². The summed E-state index contributed by atoms with van der Waals surface area (Å²) in [5.41, 5.74) is 1.76. The van der Waals surface area contributed by atoms with Crippen LogP contribution in [0.25, 0.3) is 0 Å². The maximum Gasteiger partial charge on any atom is 0.223 e. The molecular formula is C18H23N3O3. The molecule has 0 radical (unpaired) electrons. The van der Waals surface area contributed by atoms with Crippen LogP contribution in [-0.2, 0) is 13.6 Å². The molecule has 1 aliphatic rings. The van der Waals surface area contributed by atoms with Gasteiger partial charge in [0.05, 0.1) is 7.11 Å². The first kappa shape index (κ1) is 16.4. The van der Waals surface area contributed by atoms with Gasteiger partial charge in [0.1, 0.15) is 5.75 Å². The molecule has 0 saturated carbocycles. The molecule has 0 unspecified atom stereocenters. The molecule has 1 saturated heterocycles. The number of anilines is 1. The summed E-state index contributed by atoms with van der Waals surface area (Å²) >= 11 is 0. The van der Waals surface area contributed by atoms with Crippen LogP contribution in [-0.4, -0.2) is 47.9 Å². The van der Waals surface area contributed by atoms with Crippen molar-refractivity contribution >= 4 is 5.69 Å². The van der Waals surface area contributed by atoms with Crippen molar-refractivity contribution in [2.45, 2.75) is 6.54 Å². The summed E-state index contributed by atoms with van der Waals surface area (Å²) < 4.78 is 7.10. The van der Waals surface area contributed by atoms with Crippen molar-refractivity contribution in [3.8, 4) is 11.5 Å². The van der Waals surface area contributed by atoms with Crippen LogP contribution in [0.5, 0.6) is 11.5 Å². The van der Waals surface area contributed by atoms with Gasteiger partial charge in [-0.1, -0.05) is 6.07 Å². The molecule has 0 aliphatic carbocycles. The Balaban J connectivity index is 1.63. The number of aromatic hydroxyl groups is 1. The summed E-state index contributed by atoms with van der Waals surface area (Å²) in [7, 11) is 3.53. The summed E-state index contributed by atoms with van der Waals surface area (Å²) in [6.45, 7) is 4.41. The lowest BCUT2D eigenvalue weighted by atomic mass is 10.2. The number of benzene rings is 1. The SMILES string of the molecule is COc1cccc(N2CCN(Cc3cc(=O)c(O)cn3C)CC2)c1. The van der Waals surface area contributed by atoms with Gasteiger partial charge < -0.3 is 19.3 Å². The van der Waals surface area contributed by atoms with Crippen LogP contribution in [0.4, 0.5) is 5.69 Å². The average Bonchev–Trinajstić information content (AvgIpc) is 2.60. The van der Waals surface area contributed by atoms with E-state index in [9.17, 15) is 9.90 Å². The van der Waals surface area contributed by atoms with Gasteiger partial charge in [0.25, 0.3) is 0 Å². The molecule has 1 aromatic heterocycles. The first-order chi connectivity index (χ1) is 11.6. The van der Waals surface area contributed by atoms with Gasteiger partial charge in [-0.2, -0.15) is 0 Å². The van der Waals surface area contributed by atoms with Crippen LogP contribution >= 0.6 is 0 Å². The predicted octanol–water partition coefficient (Wildman–Crippen LogP) is 1.42. The molecule has 0 spiro atoms. The lowest BCUT2D eigenvalue weighted by molar-refractivity contribution is 0.244. The normalized spacial score (nSPS) is 15.5. The molecule has 24 heavy (non-hydrogen) atoms. The maximum atomic E-state index is 11.6. The zero-order valence-electron chi connectivity index (χ0n) is 14.1. The molecule has 1 fully saturated rings. The predicted molar refractivity (Wildman–Crippen MR) is 93.8 cm³/mol. The highest BCUT2D eigenvalue weighted by atomic mass is 16.5. The highest BCUT2D eigenvalue weighted by Gasteiger charge is 2.18. The molecule has 1 N–H and O–H groups in total. The molecule has 0 bridgehead atoms. The van der Waals surface area contributed by atoms with Gasteiger partial charge in [-0.05, 0) is 12.1 Å². The van der Waals surface area contributed by atoms with Gasteiger partial charge in [-0.3, -0.25) is 9.69 Å². The fourth-order valence-electron chi connectivity index (χ4n) is 3.01. The number of piperazine rings is 1. The number of aryl methyl sites for hydroxylation is 1. The van der Waals surface area contributed by atoms with E-state index in [1.807, 2.05) is 23.7 Å². The number of hydrogen-bond acceptors (Lipinski definition) is 5. The molecule has 0 atom stereocenters. The smallest absolute Gasteiger partial charge is 0.223 e. The zero-order valence-corrected chi connectivity index (χ0v) is 14.1. The van der Waals surface area contributed by atoms with E-state index < -0.39 is 0 Å². The maximum absolute atomic E-state index is 11.6. The second-order valence-electron chi connectivity index (χ2n) is 6.09. The number of pyridine rings is 1. The van der Waals surface area contributed by atoms with Crippen molar-refractivity contribution in [3.05, 3.63) is 52.4 Å². The third-order valence-corrected chi connectivity index (χ3v) is 4.50. The topological polar surface area (TPSA) is 57.9 Å². The molecule has 2 heterocycles. The highest BCUT2D eigenvalue weighted by molar-refractivity contribution is 5.51. The molecule has 0 amide bonds. The standard InChI is InChI=1S/C18H23N3O3/c1-19-13-18(23)17(22)11-15(19)12-20-6-8-21(9-7-20)14-4-3-5-16(10-14)24-2/h3-5,10-11,13,23H,6-9,12H2,1-2H3. The highest BCUT2D eigenvalue weighted by Crippen LogP contribution is 2.22. The molecule has 1 aliphatic heterocycles. The monoisotopic (exact) mass is 329 g/mol.